The Labute approximate surface area is 165 Å². The van der Waals surface area contributed by atoms with E-state index in [-0.39, 0.29) is 12.5 Å². The van der Waals surface area contributed by atoms with Crippen LogP contribution in [0.4, 0.5) is 0 Å². The fourth-order valence-corrected chi connectivity index (χ4v) is 2.75. The first-order valence-electron chi connectivity index (χ1n) is 9.36. The van der Waals surface area contributed by atoms with Gasteiger partial charge in [0.1, 0.15) is 5.75 Å². The van der Waals surface area contributed by atoms with Crippen molar-refractivity contribution in [2.24, 2.45) is 5.10 Å². The number of carbonyl (C=O) groups excluding carboxylic acids is 1. The lowest BCUT2D eigenvalue weighted by molar-refractivity contribution is -0.123. The molecule has 0 aliphatic heterocycles. The van der Waals surface area contributed by atoms with Crippen molar-refractivity contribution in [3.63, 3.8) is 0 Å². The highest BCUT2D eigenvalue weighted by molar-refractivity contribution is 5.99. The second kappa shape index (κ2) is 9.51. The topological polar surface area (TPSA) is 50.7 Å². The van der Waals surface area contributed by atoms with Gasteiger partial charge in [0.25, 0.3) is 5.91 Å². The summed E-state index contributed by atoms with van der Waals surface area (Å²) in [6.45, 7) is 3.89. The first-order valence-corrected chi connectivity index (χ1v) is 9.36. The minimum absolute atomic E-state index is 0.0742. The molecule has 0 heterocycles. The van der Waals surface area contributed by atoms with Gasteiger partial charge < -0.3 is 4.74 Å². The van der Waals surface area contributed by atoms with Crippen LogP contribution in [-0.2, 0) is 11.2 Å². The van der Waals surface area contributed by atoms with Gasteiger partial charge in [-0.05, 0) is 47.7 Å². The third-order valence-electron chi connectivity index (χ3n) is 4.46. The average molecular weight is 372 g/mol. The standard InChI is InChI=1S/C24H24N2O2/c1-3-19-9-15-23(16-10-19)28-17-24(27)26-25-18(2)20-11-13-22(14-12-20)21-7-5-4-6-8-21/h4-16H,3,17H2,1-2H3,(H,26,27). The number of carbonyl (C=O) groups is 1. The van der Waals surface area contributed by atoms with Crippen molar-refractivity contribution in [2.75, 3.05) is 6.61 Å². The zero-order valence-corrected chi connectivity index (χ0v) is 16.2. The van der Waals surface area contributed by atoms with Gasteiger partial charge in [-0.15, -0.1) is 0 Å². The minimum atomic E-state index is -0.292. The third kappa shape index (κ3) is 5.30. The van der Waals surface area contributed by atoms with E-state index in [4.69, 9.17) is 4.74 Å². The second-order valence-electron chi connectivity index (χ2n) is 6.46. The van der Waals surface area contributed by atoms with Crippen LogP contribution in [0.2, 0.25) is 0 Å². The summed E-state index contributed by atoms with van der Waals surface area (Å²) >= 11 is 0. The average Bonchev–Trinajstić information content (AvgIpc) is 2.77. The molecular formula is C24H24N2O2. The van der Waals surface area contributed by atoms with E-state index in [9.17, 15) is 4.79 Å². The molecule has 4 nitrogen and oxygen atoms in total. The molecule has 3 aromatic carbocycles. The summed E-state index contributed by atoms with van der Waals surface area (Å²) in [5.41, 5.74) is 7.78. The number of nitrogens with one attached hydrogen (secondary N) is 1. The molecule has 0 spiro atoms. The molecule has 142 valence electrons. The molecular weight excluding hydrogens is 348 g/mol. The molecule has 28 heavy (non-hydrogen) atoms. The van der Waals surface area contributed by atoms with Crippen LogP contribution < -0.4 is 10.2 Å². The highest BCUT2D eigenvalue weighted by Crippen LogP contribution is 2.19. The number of ether oxygens (including phenoxy) is 1. The predicted molar refractivity (Wildman–Crippen MR) is 114 cm³/mol. The minimum Gasteiger partial charge on any atom is -0.484 e. The molecule has 0 bridgehead atoms. The molecule has 0 atom stereocenters. The number of hydrogen-bond donors (Lipinski definition) is 1. The maximum absolute atomic E-state index is 12.0. The summed E-state index contributed by atoms with van der Waals surface area (Å²) in [5.74, 6) is 0.379. The van der Waals surface area contributed by atoms with Crippen LogP contribution in [-0.4, -0.2) is 18.2 Å². The van der Waals surface area contributed by atoms with Crippen molar-refractivity contribution in [3.8, 4) is 16.9 Å². The van der Waals surface area contributed by atoms with Crippen molar-refractivity contribution < 1.29 is 9.53 Å². The third-order valence-corrected chi connectivity index (χ3v) is 4.46. The zero-order valence-electron chi connectivity index (χ0n) is 16.2. The lowest BCUT2D eigenvalue weighted by Gasteiger charge is -2.07. The molecule has 1 N–H and O–H groups in total. The summed E-state index contributed by atoms with van der Waals surface area (Å²) in [6.07, 6.45) is 0.973. The van der Waals surface area contributed by atoms with E-state index in [0.29, 0.717) is 5.75 Å². The van der Waals surface area contributed by atoms with Gasteiger partial charge in [0.15, 0.2) is 6.61 Å². The summed E-state index contributed by atoms with van der Waals surface area (Å²) in [7, 11) is 0. The van der Waals surface area contributed by atoms with E-state index in [0.717, 1.165) is 23.3 Å². The van der Waals surface area contributed by atoms with Gasteiger partial charge in [0.05, 0.1) is 5.71 Å². The normalized spacial score (nSPS) is 11.1. The maximum atomic E-state index is 12.0. The van der Waals surface area contributed by atoms with Crippen molar-refractivity contribution >= 4 is 11.6 Å². The van der Waals surface area contributed by atoms with Gasteiger partial charge in [-0.1, -0.05) is 73.7 Å². The van der Waals surface area contributed by atoms with Crippen LogP contribution in [0.5, 0.6) is 5.75 Å². The van der Waals surface area contributed by atoms with Gasteiger partial charge in [0, 0.05) is 0 Å². The SMILES string of the molecule is CCc1ccc(OCC(=O)NN=C(C)c2ccc(-c3ccccc3)cc2)cc1. The quantitative estimate of drug-likeness (QED) is 0.477. The van der Waals surface area contributed by atoms with Crippen molar-refractivity contribution in [1.82, 2.24) is 5.43 Å². The molecule has 4 heteroatoms. The molecule has 0 aliphatic rings. The first kappa shape index (κ1) is 19.4. The van der Waals surface area contributed by atoms with Gasteiger partial charge in [-0.3, -0.25) is 4.79 Å². The van der Waals surface area contributed by atoms with Crippen LogP contribution in [0.15, 0.2) is 84.0 Å². The Balaban J connectivity index is 1.53. The van der Waals surface area contributed by atoms with Crippen molar-refractivity contribution in [2.45, 2.75) is 20.3 Å². The zero-order chi connectivity index (χ0) is 19.8. The Bertz CT molecular complexity index is 931. The lowest BCUT2D eigenvalue weighted by atomic mass is 10.0. The highest BCUT2D eigenvalue weighted by atomic mass is 16.5. The molecule has 0 fully saturated rings. The fourth-order valence-electron chi connectivity index (χ4n) is 2.75. The Morgan fingerprint density at radius 3 is 2.18 bits per heavy atom. The van der Waals surface area contributed by atoms with E-state index in [1.54, 1.807) is 0 Å². The van der Waals surface area contributed by atoms with Gasteiger partial charge >= 0.3 is 0 Å². The molecule has 0 radical (unpaired) electrons. The van der Waals surface area contributed by atoms with Crippen molar-refractivity contribution in [3.05, 3.63) is 90.0 Å². The van der Waals surface area contributed by atoms with Gasteiger partial charge in [-0.25, -0.2) is 5.43 Å². The molecule has 1 amide bonds. The molecule has 0 unspecified atom stereocenters. The summed E-state index contributed by atoms with van der Waals surface area (Å²) < 4.78 is 5.49. The number of amides is 1. The van der Waals surface area contributed by atoms with Crippen LogP contribution in [0.25, 0.3) is 11.1 Å². The van der Waals surface area contributed by atoms with Crippen molar-refractivity contribution in [1.29, 1.82) is 0 Å². The second-order valence-corrected chi connectivity index (χ2v) is 6.46. The van der Waals surface area contributed by atoms with Crippen LogP contribution in [0, 0.1) is 0 Å². The Hall–Kier alpha value is -3.40. The largest absolute Gasteiger partial charge is 0.484 e. The molecule has 0 saturated carbocycles. The van der Waals surface area contributed by atoms with E-state index >= 15 is 0 Å². The highest BCUT2D eigenvalue weighted by Gasteiger charge is 2.04. The smallest absolute Gasteiger partial charge is 0.277 e. The van der Waals surface area contributed by atoms with Crippen LogP contribution in [0.1, 0.15) is 25.0 Å². The predicted octanol–water partition coefficient (Wildman–Crippen LogP) is 4.84. The Morgan fingerprint density at radius 1 is 0.893 bits per heavy atom. The van der Waals surface area contributed by atoms with E-state index in [2.05, 4.69) is 41.7 Å². The maximum Gasteiger partial charge on any atom is 0.277 e. The molecule has 0 aromatic heterocycles. The number of aryl methyl sites for hydroxylation is 1. The van der Waals surface area contributed by atoms with E-state index in [1.807, 2.05) is 61.5 Å². The summed E-state index contributed by atoms with van der Waals surface area (Å²) in [6, 6.07) is 26.0. The number of nitrogens with zero attached hydrogens (tertiary/aromatic N) is 1. The molecule has 3 aromatic rings. The Morgan fingerprint density at radius 2 is 1.54 bits per heavy atom. The van der Waals surface area contributed by atoms with Crippen LogP contribution >= 0.6 is 0 Å². The molecule has 0 aliphatic carbocycles. The number of rotatable bonds is 7. The monoisotopic (exact) mass is 372 g/mol. The fraction of sp³-hybridized carbons (Fsp3) is 0.167. The summed E-state index contributed by atoms with van der Waals surface area (Å²) in [5, 5.41) is 4.17. The Kier molecular flexibility index (Phi) is 6.58. The van der Waals surface area contributed by atoms with Crippen LogP contribution in [0.3, 0.4) is 0 Å². The summed E-state index contributed by atoms with van der Waals surface area (Å²) in [4.78, 5) is 12.0. The number of benzene rings is 3. The van der Waals surface area contributed by atoms with Gasteiger partial charge in [0.2, 0.25) is 0 Å². The first-order chi connectivity index (χ1) is 13.7. The lowest BCUT2D eigenvalue weighted by Crippen LogP contribution is -2.25. The number of hydrazone groups is 1. The number of hydrogen-bond acceptors (Lipinski definition) is 3. The molecule has 3 rings (SSSR count). The molecule has 0 saturated heterocycles. The van der Waals surface area contributed by atoms with Gasteiger partial charge in [-0.2, -0.15) is 5.10 Å². The van der Waals surface area contributed by atoms with E-state index in [1.165, 1.54) is 11.1 Å². The van der Waals surface area contributed by atoms with E-state index < -0.39 is 0 Å².